The van der Waals surface area contributed by atoms with E-state index >= 15 is 0 Å². The predicted molar refractivity (Wildman–Crippen MR) is 113 cm³/mol. The SMILES string of the molecule is O=C(/C=C/c1ccc(O)c(O)c1)OCC1OC(OCCc2ccccc2)C(O)C(O)C1O. The molecule has 0 aromatic heterocycles. The number of phenolic OH excluding ortho intramolecular Hbond substituents is 2. The third-order valence-corrected chi connectivity index (χ3v) is 4.99. The fraction of sp³-hybridized carbons (Fsp3) is 0.348. The van der Waals surface area contributed by atoms with Crippen LogP contribution in [-0.4, -0.2) is 75.4 Å². The molecule has 172 valence electrons. The van der Waals surface area contributed by atoms with Crippen LogP contribution in [0.1, 0.15) is 11.1 Å². The molecular weight excluding hydrogens is 420 g/mol. The molecule has 1 heterocycles. The van der Waals surface area contributed by atoms with Gasteiger partial charge in [-0.05, 0) is 35.8 Å². The van der Waals surface area contributed by atoms with Crippen molar-refractivity contribution < 1.29 is 44.5 Å². The van der Waals surface area contributed by atoms with Crippen LogP contribution in [0, 0.1) is 0 Å². The number of hydrogen-bond donors (Lipinski definition) is 5. The Morgan fingerprint density at radius 3 is 2.44 bits per heavy atom. The highest BCUT2D eigenvalue weighted by atomic mass is 16.7. The number of phenols is 2. The van der Waals surface area contributed by atoms with E-state index in [1.165, 1.54) is 24.3 Å². The molecule has 3 rings (SSSR count). The third kappa shape index (κ3) is 6.28. The predicted octanol–water partition coefficient (Wildman–Crippen LogP) is 0.721. The van der Waals surface area contributed by atoms with Crippen LogP contribution in [0.3, 0.4) is 0 Å². The van der Waals surface area contributed by atoms with Crippen molar-refractivity contribution >= 4 is 12.0 Å². The molecule has 0 spiro atoms. The molecule has 9 nitrogen and oxygen atoms in total. The van der Waals surface area contributed by atoms with Crippen LogP contribution in [0.4, 0.5) is 0 Å². The van der Waals surface area contributed by atoms with Gasteiger partial charge in [-0.3, -0.25) is 0 Å². The largest absolute Gasteiger partial charge is 0.504 e. The molecule has 2 aromatic rings. The van der Waals surface area contributed by atoms with E-state index in [1.807, 2.05) is 30.3 Å². The zero-order chi connectivity index (χ0) is 23.1. The first-order valence-corrected chi connectivity index (χ1v) is 10.1. The molecule has 0 aliphatic carbocycles. The lowest BCUT2D eigenvalue weighted by molar-refractivity contribution is -0.301. The van der Waals surface area contributed by atoms with Crippen LogP contribution in [-0.2, 0) is 25.4 Å². The van der Waals surface area contributed by atoms with Gasteiger partial charge in [0.15, 0.2) is 17.8 Å². The van der Waals surface area contributed by atoms with Gasteiger partial charge in [0.2, 0.25) is 0 Å². The molecule has 9 heteroatoms. The molecular formula is C23H26O9. The zero-order valence-electron chi connectivity index (χ0n) is 17.2. The average molecular weight is 446 g/mol. The van der Waals surface area contributed by atoms with Gasteiger partial charge < -0.3 is 39.7 Å². The Labute approximate surface area is 184 Å². The summed E-state index contributed by atoms with van der Waals surface area (Å²) in [6.07, 6.45) is -3.76. The van der Waals surface area contributed by atoms with E-state index in [2.05, 4.69) is 0 Å². The smallest absolute Gasteiger partial charge is 0.330 e. The van der Waals surface area contributed by atoms with E-state index in [9.17, 15) is 30.3 Å². The summed E-state index contributed by atoms with van der Waals surface area (Å²) in [4.78, 5) is 12.0. The van der Waals surface area contributed by atoms with E-state index < -0.39 is 36.7 Å². The summed E-state index contributed by atoms with van der Waals surface area (Å²) in [7, 11) is 0. The number of aromatic hydroxyl groups is 2. The minimum absolute atomic E-state index is 0.212. The molecule has 1 fully saturated rings. The molecule has 0 amide bonds. The summed E-state index contributed by atoms with van der Waals surface area (Å²) in [6.45, 7) is -0.170. The second-order valence-corrected chi connectivity index (χ2v) is 7.33. The van der Waals surface area contributed by atoms with E-state index in [-0.39, 0.29) is 24.7 Å². The summed E-state index contributed by atoms with van der Waals surface area (Å²) < 4.78 is 16.1. The molecule has 5 atom stereocenters. The zero-order valence-corrected chi connectivity index (χ0v) is 17.2. The Morgan fingerprint density at radius 2 is 1.72 bits per heavy atom. The number of hydrogen-bond acceptors (Lipinski definition) is 9. The first kappa shape index (κ1) is 23.7. The number of benzene rings is 2. The van der Waals surface area contributed by atoms with Gasteiger partial charge in [-0.1, -0.05) is 36.4 Å². The van der Waals surface area contributed by atoms with E-state index in [0.717, 1.165) is 11.6 Å². The summed E-state index contributed by atoms with van der Waals surface area (Å²) in [6, 6.07) is 13.6. The number of carbonyl (C=O) groups excluding carboxylic acids is 1. The van der Waals surface area contributed by atoms with Gasteiger partial charge in [-0.2, -0.15) is 0 Å². The second-order valence-electron chi connectivity index (χ2n) is 7.33. The number of esters is 1. The second kappa shape index (κ2) is 11.1. The van der Waals surface area contributed by atoms with Crippen LogP contribution in [0.5, 0.6) is 11.5 Å². The summed E-state index contributed by atoms with van der Waals surface area (Å²) in [5.41, 5.74) is 1.48. The molecule has 1 aliphatic rings. The molecule has 0 radical (unpaired) electrons. The molecule has 2 aromatic carbocycles. The van der Waals surface area contributed by atoms with Crippen LogP contribution in [0.15, 0.2) is 54.6 Å². The van der Waals surface area contributed by atoms with Crippen LogP contribution in [0.25, 0.3) is 6.08 Å². The standard InChI is InChI=1S/C23H26O9/c24-16-8-6-15(12-17(16)25)7-9-19(26)31-13-18-20(27)21(28)22(29)23(32-18)30-11-10-14-4-2-1-3-5-14/h1-9,12,18,20-25,27-29H,10-11,13H2/b9-7+. The minimum atomic E-state index is -1.54. The van der Waals surface area contributed by atoms with Gasteiger partial charge in [-0.15, -0.1) is 0 Å². The Morgan fingerprint density at radius 1 is 0.969 bits per heavy atom. The number of ether oxygens (including phenoxy) is 3. The fourth-order valence-corrected chi connectivity index (χ4v) is 3.15. The highest BCUT2D eigenvalue weighted by Gasteiger charge is 2.44. The van der Waals surface area contributed by atoms with Crippen molar-refractivity contribution in [2.75, 3.05) is 13.2 Å². The maximum Gasteiger partial charge on any atom is 0.330 e. The molecule has 1 saturated heterocycles. The van der Waals surface area contributed by atoms with Crippen molar-refractivity contribution in [3.05, 3.63) is 65.7 Å². The topological polar surface area (TPSA) is 146 Å². The molecule has 0 saturated carbocycles. The van der Waals surface area contributed by atoms with Crippen molar-refractivity contribution in [3.8, 4) is 11.5 Å². The Bertz CT molecular complexity index is 915. The molecule has 5 unspecified atom stereocenters. The number of aliphatic hydroxyl groups excluding tert-OH is 3. The summed E-state index contributed by atoms with van der Waals surface area (Å²) >= 11 is 0. The van der Waals surface area contributed by atoms with Gasteiger partial charge in [0.1, 0.15) is 31.0 Å². The van der Waals surface area contributed by atoms with Crippen molar-refractivity contribution in [2.24, 2.45) is 0 Å². The monoisotopic (exact) mass is 446 g/mol. The quantitative estimate of drug-likeness (QED) is 0.225. The molecule has 0 bridgehead atoms. The Balaban J connectivity index is 1.51. The lowest BCUT2D eigenvalue weighted by Crippen LogP contribution is -2.59. The third-order valence-electron chi connectivity index (χ3n) is 4.99. The lowest BCUT2D eigenvalue weighted by Gasteiger charge is -2.39. The van der Waals surface area contributed by atoms with E-state index in [0.29, 0.717) is 12.0 Å². The maximum absolute atomic E-state index is 12.0. The van der Waals surface area contributed by atoms with Gasteiger partial charge >= 0.3 is 5.97 Å². The van der Waals surface area contributed by atoms with Crippen LogP contribution >= 0.6 is 0 Å². The van der Waals surface area contributed by atoms with Crippen LogP contribution in [0.2, 0.25) is 0 Å². The lowest BCUT2D eigenvalue weighted by atomic mass is 9.99. The summed E-state index contributed by atoms with van der Waals surface area (Å²) in [5.74, 6) is -1.37. The number of rotatable bonds is 8. The van der Waals surface area contributed by atoms with Crippen molar-refractivity contribution in [1.82, 2.24) is 0 Å². The molecule has 5 N–H and O–H groups in total. The maximum atomic E-state index is 12.0. The van der Waals surface area contributed by atoms with Crippen LogP contribution < -0.4 is 0 Å². The Hall–Kier alpha value is -2.95. The first-order valence-electron chi connectivity index (χ1n) is 10.1. The van der Waals surface area contributed by atoms with Crippen molar-refractivity contribution in [2.45, 2.75) is 37.1 Å². The fourth-order valence-electron chi connectivity index (χ4n) is 3.15. The van der Waals surface area contributed by atoms with Gasteiger partial charge in [0.05, 0.1) is 6.61 Å². The van der Waals surface area contributed by atoms with Gasteiger partial charge in [0, 0.05) is 6.08 Å². The Kier molecular flexibility index (Phi) is 8.20. The van der Waals surface area contributed by atoms with E-state index in [1.54, 1.807) is 0 Å². The average Bonchev–Trinajstić information content (AvgIpc) is 2.79. The number of aliphatic hydroxyl groups is 3. The number of carbonyl (C=O) groups is 1. The van der Waals surface area contributed by atoms with Gasteiger partial charge in [-0.25, -0.2) is 4.79 Å². The molecule has 32 heavy (non-hydrogen) atoms. The van der Waals surface area contributed by atoms with Crippen molar-refractivity contribution in [1.29, 1.82) is 0 Å². The normalized spacial score (nSPS) is 25.7. The van der Waals surface area contributed by atoms with Crippen molar-refractivity contribution in [3.63, 3.8) is 0 Å². The minimum Gasteiger partial charge on any atom is -0.504 e. The molecule has 1 aliphatic heterocycles. The highest BCUT2D eigenvalue weighted by molar-refractivity contribution is 5.87. The van der Waals surface area contributed by atoms with E-state index in [4.69, 9.17) is 14.2 Å². The van der Waals surface area contributed by atoms with Gasteiger partial charge in [0.25, 0.3) is 0 Å². The highest BCUT2D eigenvalue weighted by Crippen LogP contribution is 2.25. The first-order chi connectivity index (χ1) is 15.3. The summed E-state index contributed by atoms with van der Waals surface area (Å²) in [5, 5.41) is 49.2.